The number of ether oxygens (including phenoxy) is 2. The van der Waals surface area contributed by atoms with E-state index in [-0.39, 0.29) is 23.6 Å². The van der Waals surface area contributed by atoms with Gasteiger partial charge in [-0.1, -0.05) is 26.0 Å². The largest absolute Gasteiger partial charge is 0.455 e. The van der Waals surface area contributed by atoms with Gasteiger partial charge in [0.15, 0.2) is 0 Å². The summed E-state index contributed by atoms with van der Waals surface area (Å²) in [4.78, 5) is 12.8. The van der Waals surface area contributed by atoms with E-state index in [1.807, 2.05) is 26.8 Å². The molecule has 4 rings (SSSR count). The van der Waals surface area contributed by atoms with Crippen LogP contribution in [0.3, 0.4) is 0 Å². The van der Waals surface area contributed by atoms with Gasteiger partial charge in [-0.05, 0) is 38.3 Å². The van der Waals surface area contributed by atoms with Crippen LogP contribution >= 0.6 is 0 Å². The molecule has 2 aliphatic rings. The van der Waals surface area contributed by atoms with Crippen LogP contribution in [0.1, 0.15) is 47.5 Å². The minimum atomic E-state index is -0.356. The fourth-order valence-electron chi connectivity index (χ4n) is 4.56. The highest BCUT2D eigenvalue weighted by atomic mass is 16.6. The van der Waals surface area contributed by atoms with Crippen molar-refractivity contribution in [2.45, 2.75) is 53.2 Å². The van der Waals surface area contributed by atoms with E-state index in [0.29, 0.717) is 11.7 Å². The van der Waals surface area contributed by atoms with Crippen molar-refractivity contribution in [3.8, 4) is 0 Å². The van der Waals surface area contributed by atoms with E-state index in [1.54, 1.807) is 0 Å². The number of carbonyl (C=O) groups excluding carboxylic acids is 1. The molecule has 1 saturated carbocycles. The summed E-state index contributed by atoms with van der Waals surface area (Å²) < 4.78 is 17.6. The highest BCUT2D eigenvalue weighted by Crippen LogP contribution is 2.54. The maximum atomic E-state index is 12.8. The van der Waals surface area contributed by atoms with E-state index in [9.17, 15) is 4.79 Å². The normalized spacial score (nSPS) is 27.8. The third-order valence-corrected chi connectivity index (χ3v) is 5.89. The van der Waals surface area contributed by atoms with Gasteiger partial charge in [-0.3, -0.25) is 0 Å². The summed E-state index contributed by atoms with van der Waals surface area (Å²) in [6.45, 7) is 10.9. The van der Waals surface area contributed by atoms with Gasteiger partial charge < -0.3 is 13.9 Å². The first-order valence-electron chi connectivity index (χ1n) is 8.64. The minimum Gasteiger partial charge on any atom is -0.455 e. The lowest BCUT2D eigenvalue weighted by Crippen LogP contribution is -2.61. The molecule has 24 heavy (non-hydrogen) atoms. The zero-order chi connectivity index (χ0) is 17.2. The van der Waals surface area contributed by atoms with Gasteiger partial charge in [-0.15, -0.1) is 0 Å². The van der Waals surface area contributed by atoms with Gasteiger partial charge in [0, 0.05) is 28.9 Å². The molecule has 1 saturated heterocycles. The molecule has 2 heterocycles. The lowest BCUT2D eigenvalue weighted by Gasteiger charge is -2.52. The maximum absolute atomic E-state index is 12.8. The molecule has 2 fully saturated rings. The number of hydrogen-bond donors (Lipinski definition) is 0. The van der Waals surface area contributed by atoms with Crippen LogP contribution in [-0.2, 0) is 9.47 Å². The summed E-state index contributed by atoms with van der Waals surface area (Å²) >= 11 is 0. The highest BCUT2D eigenvalue weighted by Gasteiger charge is 2.61. The van der Waals surface area contributed by atoms with E-state index in [2.05, 4.69) is 19.9 Å². The topological polar surface area (TPSA) is 48.7 Å². The Balaban J connectivity index is 1.66. The van der Waals surface area contributed by atoms with E-state index in [4.69, 9.17) is 13.9 Å². The molecule has 3 atom stereocenters. The van der Waals surface area contributed by atoms with Crippen LogP contribution < -0.4 is 0 Å². The van der Waals surface area contributed by atoms with Crippen LogP contribution in [0.4, 0.5) is 0 Å². The van der Waals surface area contributed by atoms with Gasteiger partial charge in [-0.2, -0.15) is 0 Å². The molecule has 0 spiro atoms. The molecule has 1 aliphatic heterocycles. The average molecular weight is 328 g/mol. The molecule has 1 aromatic carbocycles. The summed E-state index contributed by atoms with van der Waals surface area (Å²) in [6, 6.07) is 4.08. The lowest BCUT2D eigenvalue weighted by atomic mass is 9.59. The first kappa shape index (κ1) is 15.7. The lowest BCUT2D eigenvalue weighted by molar-refractivity contribution is -0.183. The average Bonchev–Trinajstić information content (AvgIpc) is 3.12. The Morgan fingerprint density at radius 2 is 1.92 bits per heavy atom. The second-order valence-electron chi connectivity index (χ2n) is 7.85. The van der Waals surface area contributed by atoms with Crippen LogP contribution in [0, 0.1) is 32.1 Å². The van der Waals surface area contributed by atoms with Gasteiger partial charge in [0.05, 0.1) is 6.10 Å². The van der Waals surface area contributed by atoms with Crippen LogP contribution in [0.5, 0.6) is 0 Å². The Hall–Kier alpha value is -1.81. The smallest absolute Gasteiger partial charge is 0.374 e. The third-order valence-electron chi connectivity index (χ3n) is 5.89. The number of fused-ring (bicyclic) bond motifs is 2. The monoisotopic (exact) mass is 328 g/mol. The first-order chi connectivity index (χ1) is 11.3. The summed E-state index contributed by atoms with van der Waals surface area (Å²) in [5.74, 6) is 0.295. The van der Waals surface area contributed by atoms with E-state index < -0.39 is 0 Å². The zero-order valence-corrected chi connectivity index (χ0v) is 14.9. The maximum Gasteiger partial charge on any atom is 0.374 e. The van der Waals surface area contributed by atoms with Crippen LogP contribution in [0.2, 0.25) is 0 Å². The van der Waals surface area contributed by atoms with Crippen molar-refractivity contribution in [1.29, 1.82) is 0 Å². The highest BCUT2D eigenvalue weighted by molar-refractivity contribution is 5.98. The van der Waals surface area contributed by atoms with Crippen molar-refractivity contribution < 1.29 is 18.7 Å². The number of aryl methyl sites for hydroxylation is 3. The van der Waals surface area contributed by atoms with Crippen molar-refractivity contribution in [1.82, 2.24) is 0 Å². The molecule has 0 radical (unpaired) electrons. The van der Waals surface area contributed by atoms with Gasteiger partial charge in [0.1, 0.15) is 11.7 Å². The van der Waals surface area contributed by atoms with Gasteiger partial charge in [0.25, 0.3) is 0 Å². The fraction of sp³-hybridized carbons (Fsp3) is 0.550. The molecule has 0 unspecified atom stereocenters. The Morgan fingerprint density at radius 3 is 2.62 bits per heavy atom. The number of hydrogen-bond acceptors (Lipinski definition) is 4. The second kappa shape index (κ2) is 5.09. The van der Waals surface area contributed by atoms with Gasteiger partial charge >= 0.3 is 5.97 Å². The third kappa shape index (κ3) is 1.99. The predicted molar refractivity (Wildman–Crippen MR) is 91.3 cm³/mol. The Kier molecular flexibility index (Phi) is 3.33. The molecule has 1 aliphatic carbocycles. The van der Waals surface area contributed by atoms with Crippen molar-refractivity contribution in [3.63, 3.8) is 0 Å². The standard InChI is InChI=1S/C20H24O4/c1-10-6-7-11(2)15-14(10)12(3)16(23-15)19(21)24-18-13-8-9-22-17(13)20(18,4)5/h6-7,13,17-18H,8-9H2,1-5H3/t13-,17+,18+/m0/s1. The number of rotatable bonds is 2. The second-order valence-corrected chi connectivity index (χ2v) is 7.85. The Morgan fingerprint density at radius 1 is 1.21 bits per heavy atom. The first-order valence-corrected chi connectivity index (χ1v) is 8.64. The number of esters is 1. The van der Waals surface area contributed by atoms with Crippen LogP contribution in [-0.4, -0.2) is 24.8 Å². The van der Waals surface area contributed by atoms with E-state index >= 15 is 0 Å². The minimum absolute atomic E-state index is 0.104. The number of benzene rings is 1. The SMILES string of the molecule is Cc1ccc(C)c2c(C)c(C(=O)O[C@@H]3[C@H]4CCO[C@H]4C3(C)C)oc12. The summed E-state index contributed by atoms with van der Waals surface area (Å²) in [7, 11) is 0. The molecular formula is C20H24O4. The fourth-order valence-corrected chi connectivity index (χ4v) is 4.56. The summed E-state index contributed by atoms with van der Waals surface area (Å²) in [5, 5.41) is 1.02. The Bertz CT molecular complexity index is 830. The molecule has 0 bridgehead atoms. The van der Waals surface area contributed by atoms with Crippen LogP contribution in [0.25, 0.3) is 11.0 Å². The predicted octanol–water partition coefficient (Wildman–Crippen LogP) is 4.33. The van der Waals surface area contributed by atoms with E-state index in [1.165, 1.54) is 0 Å². The molecule has 2 aromatic rings. The molecule has 4 nitrogen and oxygen atoms in total. The van der Waals surface area contributed by atoms with E-state index in [0.717, 1.165) is 40.7 Å². The molecule has 1 aromatic heterocycles. The van der Waals surface area contributed by atoms with Crippen molar-refractivity contribution >= 4 is 16.9 Å². The number of carbonyl (C=O) groups is 1. The quantitative estimate of drug-likeness (QED) is 0.770. The van der Waals surface area contributed by atoms with Crippen molar-refractivity contribution in [3.05, 3.63) is 34.6 Å². The van der Waals surface area contributed by atoms with Crippen LogP contribution in [0.15, 0.2) is 16.5 Å². The molecule has 0 N–H and O–H groups in total. The zero-order valence-electron chi connectivity index (χ0n) is 14.9. The summed E-state index contributed by atoms with van der Waals surface area (Å²) in [5.41, 5.74) is 3.67. The van der Waals surface area contributed by atoms with Gasteiger partial charge in [0.2, 0.25) is 5.76 Å². The Labute approximate surface area is 142 Å². The summed E-state index contributed by atoms with van der Waals surface area (Å²) in [6.07, 6.45) is 1.06. The molecular weight excluding hydrogens is 304 g/mol. The molecule has 128 valence electrons. The molecule has 4 heteroatoms. The van der Waals surface area contributed by atoms with Crippen molar-refractivity contribution in [2.24, 2.45) is 11.3 Å². The van der Waals surface area contributed by atoms with Gasteiger partial charge in [-0.25, -0.2) is 4.79 Å². The van der Waals surface area contributed by atoms with Crippen molar-refractivity contribution in [2.75, 3.05) is 6.61 Å². The molecule has 0 amide bonds. The number of furan rings is 1.